The van der Waals surface area contributed by atoms with E-state index in [1.54, 1.807) is 30.3 Å². The number of fused-ring (bicyclic) bond motifs is 1. The van der Waals surface area contributed by atoms with Crippen LogP contribution in [0.5, 0.6) is 11.5 Å². The Balaban J connectivity index is 1.83. The number of methoxy groups -OCH3 is 1. The minimum Gasteiger partial charge on any atom is -0.493 e. The molecule has 0 aliphatic heterocycles. The van der Waals surface area contributed by atoms with E-state index in [1.807, 2.05) is 0 Å². The highest BCUT2D eigenvalue weighted by molar-refractivity contribution is 6.04. The van der Waals surface area contributed by atoms with Gasteiger partial charge in [0.05, 0.1) is 18.7 Å². The summed E-state index contributed by atoms with van der Waals surface area (Å²) >= 11 is 0. The van der Waals surface area contributed by atoms with E-state index in [9.17, 15) is 18.4 Å². The Morgan fingerprint density at radius 1 is 1.21 bits per heavy atom. The zero-order valence-electron chi connectivity index (χ0n) is 15.4. The second-order valence-corrected chi connectivity index (χ2v) is 5.81. The second kappa shape index (κ2) is 8.46. The molecule has 3 aromatic rings. The molecule has 1 amide bonds. The smallest absolute Gasteiger partial charge is 0.387 e. The lowest BCUT2D eigenvalue weighted by Gasteiger charge is -2.10. The fourth-order valence-corrected chi connectivity index (χ4v) is 2.65. The summed E-state index contributed by atoms with van der Waals surface area (Å²) in [5.41, 5.74) is 2.39. The number of hydrazone groups is 1. The summed E-state index contributed by atoms with van der Waals surface area (Å²) < 4.78 is 35.4. The van der Waals surface area contributed by atoms with Crippen molar-refractivity contribution in [1.29, 1.82) is 0 Å². The summed E-state index contributed by atoms with van der Waals surface area (Å²) in [6.45, 7) is -3.01. The van der Waals surface area contributed by atoms with E-state index in [4.69, 9.17) is 4.74 Å². The number of nitrogens with one attached hydrogen (secondary N) is 1. The van der Waals surface area contributed by atoms with E-state index in [-0.39, 0.29) is 22.8 Å². The maximum atomic E-state index is 12.5. The van der Waals surface area contributed by atoms with Gasteiger partial charge in [-0.1, -0.05) is 18.2 Å². The fraction of sp³-hybridized carbons (Fsp3) is 0.158. The first kappa shape index (κ1) is 19.9. The molecule has 0 saturated heterocycles. The molecule has 0 fully saturated rings. The Morgan fingerprint density at radius 3 is 2.62 bits per heavy atom. The number of hydrogen-bond donors (Lipinski definition) is 1. The largest absolute Gasteiger partial charge is 0.493 e. The van der Waals surface area contributed by atoms with Crippen molar-refractivity contribution in [2.24, 2.45) is 12.1 Å². The van der Waals surface area contributed by atoms with E-state index in [0.29, 0.717) is 16.3 Å². The van der Waals surface area contributed by atoms with Crippen molar-refractivity contribution in [3.05, 3.63) is 64.1 Å². The molecule has 8 nitrogen and oxygen atoms in total. The highest BCUT2D eigenvalue weighted by Gasteiger charge is 2.15. The number of hydrogen-bond acceptors (Lipinski definition) is 6. The minimum absolute atomic E-state index is 0.0244. The van der Waals surface area contributed by atoms with Crippen LogP contribution < -0.4 is 20.5 Å². The maximum Gasteiger partial charge on any atom is 0.387 e. The maximum absolute atomic E-state index is 12.5. The van der Waals surface area contributed by atoms with Gasteiger partial charge in [-0.15, -0.1) is 0 Å². The molecule has 0 bridgehead atoms. The fourth-order valence-electron chi connectivity index (χ4n) is 2.65. The van der Waals surface area contributed by atoms with Gasteiger partial charge < -0.3 is 9.47 Å². The van der Waals surface area contributed by atoms with E-state index < -0.39 is 12.5 Å². The molecule has 10 heteroatoms. The average molecular weight is 402 g/mol. The molecule has 1 aromatic heterocycles. The van der Waals surface area contributed by atoms with Gasteiger partial charge in [0, 0.05) is 12.4 Å². The number of amides is 1. The lowest BCUT2D eigenvalue weighted by atomic mass is 10.1. The van der Waals surface area contributed by atoms with Crippen molar-refractivity contribution >= 4 is 22.9 Å². The van der Waals surface area contributed by atoms with Crippen molar-refractivity contribution in [2.75, 3.05) is 7.11 Å². The van der Waals surface area contributed by atoms with Crippen LogP contribution in [-0.2, 0) is 7.05 Å². The number of halogens is 2. The van der Waals surface area contributed by atoms with Crippen LogP contribution in [0.2, 0.25) is 0 Å². The molecule has 1 N–H and O–H groups in total. The van der Waals surface area contributed by atoms with Crippen molar-refractivity contribution < 1.29 is 23.0 Å². The molecule has 29 heavy (non-hydrogen) atoms. The lowest BCUT2D eigenvalue weighted by molar-refractivity contribution is -0.0512. The van der Waals surface area contributed by atoms with Crippen LogP contribution in [0.15, 0.2) is 52.4 Å². The van der Waals surface area contributed by atoms with Crippen molar-refractivity contribution in [3.8, 4) is 11.5 Å². The summed E-state index contributed by atoms with van der Waals surface area (Å²) in [6.07, 6.45) is 1.25. The normalized spacial score (nSPS) is 11.2. The van der Waals surface area contributed by atoms with Crippen LogP contribution in [-0.4, -0.2) is 35.6 Å². The topological polar surface area (TPSA) is 94.8 Å². The van der Waals surface area contributed by atoms with Gasteiger partial charge in [-0.05, 0) is 29.8 Å². The first-order valence-electron chi connectivity index (χ1n) is 8.33. The molecular formula is C19H16F2N4O4. The Bertz CT molecular complexity index is 1140. The van der Waals surface area contributed by atoms with E-state index in [0.717, 1.165) is 4.68 Å². The number of aryl methyl sites for hydroxylation is 1. The molecule has 0 unspecified atom stereocenters. The standard InChI is InChI=1S/C19H16F2N4O4/c1-25-18(27)13-6-4-3-5-12(13)16(24-25)17(26)23-22-10-11-7-8-14(28-2)15(9-11)29-19(20)21/h3-10,19H,1-2H3,(H,23,26)/b22-10-. The monoisotopic (exact) mass is 402 g/mol. The van der Waals surface area contributed by atoms with Gasteiger partial charge in [0.1, 0.15) is 0 Å². The van der Waals surface area contributed by atoms with Gasteiger partial charge in [0.15, 0.2) is 17.2 Å². The predicted molar refractivity (Wildman–Crippen MR) is 102 cm³/mol. The highest BCUT2D eigenvalue weighted by Crippen LogP contribution is 2.28. The van der Waals surface area contributed by atoms with Crippen LogP contribution in [0.4, 0.5) is 8.78 Å². The van der Waals surface area contributed by atoms with Gasteiger partial charge in [0.2, 0.25) is 0 Å². The van der Waals surface area contributed by atoms with Crippen LogP contribution in [0, 0.1) is 0 Å². The Labute approximate surface area is 163 Å². The molecule has 0 aliphatic rings. The number of rotatable bonds is 6. The Morgan fingerprint density at radius 2 is 1.93 bits per heavy atom. The van der Waals surface area contributed by atoms with Gasteiger partial charge in [-0.2, -0.15) is 19.0 Å². The first-order chi connectivity index (χ1) is 13.9. The number of benzene rings is 2. The lowest BCUT2D eigenvalue weighted by Crippen LogP contribution is -2.27. The second-order valence-electron chi connectivity index (χ2n) is 5.81. The van der Waals surface area contributed by atoms with Crippen molar-refractivity contribution in [2.45, 2.75) is 6.61 Å². The summed E-state index contributed by atoms with van der Waals surface area (Å²) in [5.74, 6) is -0.665. The van der Waals surface area contributed by atoms with Crippen LogP contribution in [0.25, 0.3) is 10.8 Å². The van der Waals surface area contributed by atoms with E-state index in [1.165, 1.54) is 32.5 Å². The molecular weight excluding hydrogens is 386 g/mol. The summed E-state index contributed by atoms with van der Waals surface area (Å²) in [5, 5.41) is 8.55. The third-order valence-corrected chi connectivity index (χ3v) is 3.96. The number of nitrogens with zero attached hydrogens (tertiary/aromatic N) is 3. The number of ether oxygens (including phenoxy) is 2. The van der Waals surface area contributed by atoms with Crippen molar-refractivity contribution in [1.82, 2.24) is 15.2 Å². The van der Waals surface area contributed by atoms with Gasteiger partial charge in [-0.3, -0.25) is 9.59 Å². The number of carbonyl (C=O) groups is 1. The highest BCUT2D eigenvalue weighted by atomic mass is 19.3. The number of carbonyl (C=O) groups excluding carboxylic acids is 1. The molecule has 0 spiro atoms. The van der Waals surface area contributed by atoms with Gasteiger partial charge in [-0.25, -0.2) is 10.1 Å². The number of alkyl halides is 2. The van der Waals surface area contributed by atoms with Crippen LogP contribution in [0.1, 0.15) is 16.1 Å². The summed E-state index contributed by atoms with van der Waals surface area (Å²) in [4.78, 5) is 24.6. The molecule has 2 aromatic carbocycles. The van der Waals surface area contributed by atoms with Gasteiger partial charge >= 0.3 is 6.61 Å². The van der Waals surface area contributed by atoms with Crippen LogP contribution in [0.3, 0.4) is 0 Å². The molecule has 0 aliphatic carbocycles. The molecule has 3 rings (SSSR count). The van der Waals surface area contributed by atoms with E-state index >= 15 is 0 Å². The minimum atomic E-state index is -3.01. The molecule has 0 saturated carbocycles. The predicted octanol–water partition coefficient (Wildman–Crippen LogP) is 2.31. The van der Waals surface area contributed by atoms with E-state index in [2.05, 4.69) is 20.4 Å². The van der Waals surface area contributed by atoms with Crippen LogP contribution >= 0.6 is 0 Å². The third kappa shape index (κ3) is 4.37. The Hall–Kier alpha value is -3.82. The zero-order chi connectivity index (χ0) is 21.0. The summed E-state index contributed by atoms with van der Waals surface area (Å²) in [6, 6.07) is 10.9. The van der Waals surface area contributed by atoms with Gasteiger partial charge in [0.25, 0.3) is 11.5 Å². The molecule has 150 valence electrons. The SMILES string of the molecule is COc1ccc(/C=N\NC(=O)c2nn(C)c(=O)c3ccccc23)cc1OC(F)F. The third-order valence-electron chi connectivity index (χ3n) is 3.96. The Kier molecular flexibility index (Phi) is 5.82. The first-order valence-corrected chi connectivity index (χ1v) is 8.33. The average Bonchev–Trinajstić information content (AvgIpc) is 2.70. The summed E-state index contributed by atoms with van der Waals surface area (Å²) in [7, 11) is 2.77. The molecule has 0 radical (unpaired) electrons. The quantitative estimate of drug-likeness (QED) is 0.504. The molecule has 0 atom stereocenters. The zero-order valence-corrected chi connectivity index (χ0v) is 15.4. The number of aromatic nitrogens is 2. The van der Waals surface area contributed by atoms with Crippen molar-refractivity contribution in [3.63, 3.8) is 0 Å². The molecule has 1 heterocycles.